The highest BCUT2D eigenvalue weighted by atomic mass is 127. The topological polar surface area (TPSA) is 54.9 Å². The third-order valence-corrected chi connectivity index (χ3v) is 3.82. The molecule has 136 valence electrons. The predicted molar refractivity (Wildman–Crippen MR) is 113 cm³/mol. The molecule has 0 fully saturated rings. The van der Waals surface area contributed by atoms with E-state index in [9.17, 15) is 4.39 Å². The molecule has 0 aliphatic carbocycles. The second kappa shape index (κ2) is 10.4. The molecular formula is C17H20BrFIN3O2. The van der Waals surface area contributed by atoms with E-state index in [-0.39, 0.29) is 29.8 Å². The van der Waals surface area contributed by atoms with E-state index >= 15 is 0 Å². The maximum atomic E-state index is 13.8. The number of nitrogens with zero attached hydrogens (tertiary/aromatic N) is 1. The fourth-order valence-electron chi connectivity index (χ4n) is 2.09. The summed E-state index contributed by atoms with van der Waals surface area (Å²) in [4.78, 5) is 4.14. The first kappa shape index (κ1) is 21.5. The van der Waals surface area contributed by atoms with Gasteiger partial charge in [-0.15, -0.1) is 24.0 Å². The molecule has 2 aromatic carbocycles. The van der Waals surface area contributed by atoms with Crippen LogP contribution in [0.2, 0.25) is 0 Å². The van der Waals surface area contributed by atoms with Gasteiger partial charge in [-0.3, -0.25) is 4.99 Å². The Labute approximate surface area is 172 Å². The molecule has 0 aromatic heterocycles. The Balaban J connectivity index is 0.00000312. The first-order valence-electron chi connectivity index (χ1n) is 7.21. The molecule has 25 heavy (non-hydrogen) atoms. The number of anilines is 1. The molecule has 0 aliphatic heterocycles. The summed E-state index contributed by atoms with van der Waals surface area (Å²) in [5.41, 5.74) is 1.31. The van der Waals surface area contributed by atoms with Crippen LogP contribution in [0, 0.1) is 5.82 Å². The average Bonchev–Trinajstić information content (AvgIpc) is 2.60. The maximum absolute atomic E-state index is 13.8. The lowest BCUT2D eigenvalue weighted by Gasteiger charge is -2.14. The summed E-state index contributed by atoms with van der Waals surface area (Å²) in [6.07, 6.45) is 0. The lowest BCUT2D eigenvalue weighted by atomic mass is 10.2. The van der Waals surface area contributed by atoms with Crippen molar-refractivity contribution in [1.82, 2.24) is 5.32 Å². The van der Waals surface area contributed by atoms with Crippen LogP contribution in [0.25, 0.3) is 0 Å². The Hall–Kier alpha value is -1.55. The largest absolute Gasteiger partial charge is 0.493 e. The zero-order chi connectivity index (χ0) is 17.5. The van der Waals surface area contributed by atoms with Crippen LogP contribution >= 0.6 is 39.9 Å². The fourth-order valence-corrected chi connectivity index (χ4v) is 2.50. The fraction of sp³-hybridized carbons (Fsp3) is 0.235. The molecule has 0 saturated heterocycles. The molecule has 0 bridgehead atoms. The smallest absolute Gasteiger partial charge is 0.195 e. The van der Waals surface area contributed by atoms with Gasteiger partial charge in [-0.25, -0.2) is 4.39 Å². The summed E-state index contributed by atoms with van der Waals surface area (Å²) in [5.74, 6) is 1.49. The van der Waals surface area contributed by atoms with Crippen LogP contribution in [-0.2, 0) is 6.54 Å². The Bertz CT molecular complexity index is 744. The molecule has 0 radical (unpaired) electrons. The van der Waals surface area contributed by atoms with Gasteiger partial charge in [0.05, 0.1) is 14.2 Å². The number of rotatable bonds is 5. The monoisotopic (exact) mass is 523 g/mol. The van der Waals surface area contributed by atoms with Crippen LogP contribution in [0.15, 0.2) is 45.9 Å². The van der Waals surface area contributed by atoms with Crippen LogP contribution in [0.4, 0.5) is 10.1 Å². The molecule has 0 spiro atoms. The molecule has 2 N–H and O–H groups in total. The zero-order valence-electron chi connectivity index (χ0n) is 14.1. The average molecular weight is 524 g/mol. The van der Waals surface area contributed by atoms with Crippen LogP contribution in [0.1, 0.15) is 5.56 Å². The van der Waals surface area contributed by atoms with Crippen molar-refractivity contribution in [2.45, 2.75) is 6.54 Å². The van der Waals surface area contributed by atoms with E-state index < -0.39 is 0 Å². The van der Waals surface area contributed by atoms with E-state index in [2.05, 4.69) is 31.6 Å². The summed E-state index contributed by atoms with van der Waals surface area (Å²) >= 11 is 3.34. The number of methoxy groups -OCH3 is 2. The number of nitrogens with one attached hydrogen (secondary N) is 2. The van der Waals surface area contributed by atoms with Crippen molar-refractivity contribution < 1.29 is 13.9 Å². The summed E-state index contributed by atoms with van der Waals surface area (Å²) in [7, 11) is 4.80. The highest BCUT2D eigenvalue weighted by Gasteiger charge is 2.08. The minimum Gasteiger partial charge on any atom is -0.493 e. The summed E-state index contributed by atoms with van der Waals surface area (Å²) in [5, 5.41) is 6.20. The quantitative estimate of drug-likeness (QED) is 0.346. The van der Waals surface area contributed by atoms with Crippen LogP contribution < -0.4 is 20.1 Å². The minimum atomic E-state index is -0.271. The van der Waals surface area contributed by atoms with Crippen LogP contribution in [0.5, 0.6) is 11.5 Å². The van der Waals surface area contributed by atoms with E-state index in [1.165, 1.54) is 6.07 Å². The molecule has 2 aromatic rings. The molecule has 0 saturated carbocycles. The third-order valence-electron chi connectivity index (χ3n) is 3.32. The van der Waals surface area contributed by atoms with E-state index in [0.29, 0.717) is 29.6 Å². The van der Waals surface area contributed by atoms with E-state index in [1.807, 2.05) is 6.07 Å². The van der Waals surface area contributed by atoms with Crippen molar-refractivity contribution in [2.24, 2.45) is 4.99 Å². The van der Waals surface area contributed by atoms with Gasteiger partial charge in [-0.05, 0) is 30.3 Å². The van der Waals surface area contributed by atoms with Gasteiger partial charge >= 0.3 is 0 Å². The molecule has 8 heteroatoms. The first-order chi connectivity index (χ1) is 11.6. The van der Waals surface area contributed by atoms with Gasteiger partial charge in [0.15, 0.2) is 17.5 Å². The van der Waals surface area contributed by atoms with Crippen molar-refractivity contribution in [1.29, 1.82) is 0 Å². The number of halogens is 3. The molecule has 0 amide bonds. The van der Waals surface area contributed by atoms with Crippen molar-refractivity contribution in [3.05, 3.63) is 52.3 Å². The number of hydrogen-bond donors (Lipinski definition) is 2. The third kappa shape index (κ3) is 6.03. The summed E-state index contributed by atoms with van der Waals surface area (Å²) < 4.78 is 25.1. The van der Waals surface area contributed by atoms with Gasteiger partial charge in [-0.1, -0.05) is 15.9 Å². The molecule has 0 atom stereocenters. The van der Waals surface area contributed by atoms with E-state index in [0.717, 1.165) is 10.2 Å². The van der Waals surface area contributed by atoms with Gasteiger partial charge in [0, 0.05) is 35.4 Å². The second-order valence-electron chi connectivity index (χ2n) is 4.86. The molecular weight excluding hydrogens is 504 g/mol. The van der Waals surface area contributed by atoms with Crippen molar-refractivity contribution in [3.8, 4) is 11.5 Å². The Morgan fingerprint density at radius 2 is 1.84 bits per heavy atom. The molecule has 0 heterocycles. The summed E-state index contributed by atoms with van der Waals surface area (Å²) in [6, 6.07) is 10.2. The Kier molecular flexibility index (Phi) is 8.98. The molecule has 2 rings (SSSR count). The molecule has 0 aliphatic rings. The Morgan fingerprint density at radius 3 is 2.48 bits per heavy atom. The van der Waals surface area contributed by atoms with Gasteiger partial charge in [0.2, 0.25) is 0 Å². The van der Waals surface area contributed by atoms with Crippen molar-refractivity contribution in [2.75, 3.05) is 26.6 Å². The second-order valence-corrected chi connectivity index (χ2v) is 5.77. The maximum Gasteiger partial charge on any atom is 0.195 e. The SMILES string of the molecule is CN=C(NCc1cc(Br)ccc1F)Nc1ccc(OC)c(OC)c1.I. The van der Waals surface area contributed by atoms with Crippen LogP contribution in [-0.4, -0.2) is 27.2 Å². The highest BCUT2D eigenvalue weighted by molar-refractivity contribution is 14.0. The summed E-state index contributed by atoms with van der Waals surface area (Å²) in [6.45, 7) is 0.304. The number of aliphatic imine (C=N–C) groups is 1. The van der Waals surface area contributed by atoms with Gasteiger partial charge in [0.25, 0.3) is 0 Å². The van der Waals surface area contributed by atoms with Gasteiger partial charge in [0.1, 0.15) is 5.82 Å². The minimum absolute atomic E-state index is 0. The van der Waals surface area contributed by atoms with Crippen molar-refractivity contribution >= 4 is 51.6 Å². The standard InChI is InChI=1S/C17H19BrFN3O2.HI/c1-20-17(21-10-11-8-12(18)4-6-14(11)19)22-13-5-7-15(23-2)16(9-13)24-3;/h4-9H,10H2,1-3H3,(H2,20,21,22);1H. The number of ether oxygens (including phenoxy) is 2. The number of hydrogen-bond acceptors (Lipinski definition) is 3. The van der Waals surface area contributed by atoms with E-state index in [1.54, 1.807) is 45.5 Å². The van der Waals surface area contributed by atoms with Gasteiger partial charge < -0.3 is 20.1 Å². The van der Waals surface area contributed by atoms with Gasteiger partial charge in [-0.2, -0.15) is 0 Å². The normalized spacial score (nSPS) is 10.7. The lowest BCUT2D eigenvalue weighted by molar-refractivity contribution is 0.355. The lowest BCUT2D eigenvalue weighted by Crippen LogP contribution is -2.30. The number of benzene rings is 2. The zero-order valence-corrected chi connectivity index (χ0v) is 18.0. The molecule has 5 nitrogen and oxygen atoms in total. The highest BCUT2D eigenvalue weighted by Crippen LogP contribution is 2.29. The number of guanidine groups is 1. The first-order valence-corrected chi connectivity index (χ1v) is 8.00. The van der Waals surface area contributed by atoms with E-state index in [4.69, 9.17) is 9.47 Å². The predicted octanol–water partition coefficient (Wildman–Crippen LogP) is 4.41. The van der Waals surface area contributed by atoms with Crippen molar-refractivity contribution in [3.63, 3.8) is 0 Å². The van der Waals surface area contributed by atoms with Crippen LogP contribution in [0.3, 0.4) is 0 Å². The molecule has 0 unspecified atom stereocenters. The Morgan fingerprint density at radius 1 is 1.12 bits per heavy atom.